The number of aryl methyl sites for hydroxylation is 2. The first kappa shape index (κ1) is 17.0. The SMILES string of the molecule is Cc1cc(Oc2ccccc2)ccc1CCCCN1CCNCC1. The Labute approximate surface area is 145 Å². The van der Waals surface area contributed by atoms with Gasteiger partial charge in [-0.15, -0.1) is 0 Å². The summed E-state index contributed by atoms with van der Waals surface area (Å²) in [5.41, 5.74) is 2.77. The van der Waals surface area contributed by atoms with Crippen molar-refractivity contribution in [1.29, 1.82) is 0 Å². The Kier molecular flexibility index (Phi) is 6.27. The molecule has 2 aromatic carbocycles. The fourth-order valence-corrected chi connectivity index (χ4v) is 3.22. The van der Waals surface area contributed by atoms with Crippen LogP contribution in [0.5, 0.6) is 11.5 Å². The molecular formula is C21H28N2O. The summed E-state index contributed by atoms with van der Waals surface area (Å²) in [4.78, 5) is 2.57. The lowest BCUT2D eigenvalue weighted by molar-refractivity contribution is 0.237. The molecule has 1 N–H and O–H groups in total. The second kappa shape index (κ2) is 8.86. The lowest BCUT2D eigenvalue weighted by atomic mass is 10.0. The molecule has 1 aliphatic heterocycles. The van der Waals surface area contributed by atoms with Gasteiger partial charge in [-0.05, 0) is 68.1 Å². The summed E-state index contributed by atoms with van der Waals surface area (Å²) in [5.74, 6) is 1.81. The number of benzene rings is 2. The third kappa shape index (κ3) is 5.08. The van der Waals surface area contributed by atoms with Crippen molar-refractivity contribution in [3.63, 3.8) is 0 Å². The Morgan fingerprint density at radius 2 is 1.75 bits per heavy atom. The molecule has 2 aromatic rings. The summed E-state index contributed by atoms with van der Waals surface area (Å²) >= 11 is 0. The molecule has 0 aliphatic carbocycles. The minimum Gasteiger partial charge on any atom is -0.457 e. The van der Waals surface area contributed by atoms with Gasteiger partial charge in [-0.25, -0.2) is 0 Å². The molecule has 0 atom stereocenters. The monoisotopic (exact) mass is 324 g/mol. The largest absolute Gasteiger partial charge is 0.457 e. The Morgan fingerprint density at radius 1 is 0.958 bits per heavy atom. The van der Waals surface area contributed by atoms with Gasteiger partial charge in [0.1, 0.15) is 11.5 Å². The number of nitrogens with zero attached hydrogens (tertiary/aromatic N) is 1. The predicted molar refractivity (Wildman–Crippen MR) is 99.9 cm³/mol. The average molecular weight is 324 g/mol. The van der Waals surface area contributed by atoms with E-state index in [1.807, 2.05) is 30.3 Å². The molecule has 0 spiro atoms. The van der Waals surface area contributed by atoms with E-state index in [0.717, 1.165) is 31.0 Å². The van der Waals surface area contributed by atoms with E-state index in [2.05, 4.69) is 35.3 Å². The van der Waals surface area contributed by atoms with E-state index >= 15 is 0 Å². The first-order valence-electron chi connectivity index (χ1n) is 9.07. The number of hydrogen-bond donors (Lipinski definition) is 1. The topological polar surface area (TPSA) is 24.5 Å². The van der Waals surface area contributed by atoms with Crippen LogP contribution >= 0.6 is 0 Å². The van der Waals surface area contributed by atoms with Crippen LogP contribution in [-0.2, 0) is 6.42 Å². The van der Waals surface area contributed by atoms with Gasteiger partial charge in [0.05, 0.1) is 0 Å². The third-order valence-electron chi connectivity index (χ3n) is 4.67. The fraction of sp³-hybridized carbons (Fsp3) is 0.429. The Balaban J connectivity index is 1.46. The molecule has 0 amide bonds. The van der Waals surface area contributed by atoms with Crippen molar-refractivity contribution >= 4 is 0 Å². The minimum atomic E-state index is 0.890. The van der Waals surface area contributed by atoms with Crippen molar-refractivity contribution in [2.75, 3.05) is 32.7 Å². The number of unbranched alkanes of at least 4 members (excludes halogenated alkanes) is 1. The standard InChI is InChI=1S/C21H28N2O/c1-18-17-21(24-20-8-3-2-4-9-20)11-10-19(18)7-5-6-14-23-15-12-22-13-16-23/h2-4,8-11,17,22H,5-7,12-16H2,1H3. The zero-order valence-corrected chi connectivity index (χ0v) is 14.6. The Hall–Kier alpha value is -1.84. The van der Waals surface area contributed by atoms with E-state index in [0.29, 0.717) is 0 Å². The molecule has 1 saturated heterocycles. The quantitative estimate of drug-likeness (QED) is 0.779. The molecule has 1 heterocycles. The normalized spacial score (nSPS) is 15.4. The summed E-state index contributed by atoms with van der Waals surface area (Å²) in [6.45, 7) is 8.10. The van der Waals surface area contributed by atoms with Crippen LogP contribution in [0.1, 0.15) is 24.0 Å². The maximum absolute atomic E-state index is 5.91. The molecule has 0 aromatic heterocycles. The smallest absolute Gasteiger partial charge is 0.127 e. The van der Waals surface area contributed by atoms with Gasteiger partial charge in [-0.1, -0.05) is 24.3 Å². The summed E-state index contributed by atoms with van der Waals surface area (Å²) in [5, 5.41) is 3.41. The zero-order chi connectivity index (χ0) is 16.6. The molecule has 3 nitrogen and oxygen atoms in total. The number of ether oxygens (including phenoxy) is 1. The highest BCUT2D eigenvalue weighted by Crippen LogP contribution is 2.24. The maximum atomic E-state index is 5.91. The molecule has 1 fully saturated rings. The van der Waals surface area contributed by atoms with Gasteiger partial charge >= 0.3 is 0 Å². The van der Waals surface area contributed by atoms with Crippen LogP contribution in [0, 0.1) is 6.92 Å². The summed E-state index contributed by atoms with van der Waals surface area (Å²) in [7, 11) is 0. The predicted octanol–water partition coefficient (Wildman–Crippen LogP) is 4.02. The van der Waals surface area contributed by atoms with Crippen LogP contribution in [0.4, 0.5) is 0 Å². The van der Waals surface area contributed by atoms with Gasteiger partial charge in [0.2, 0.25) is 0 Å². The molecule has 3 rings (SSSR count). The second-order valence-electron chi connectivity index (χ2n) is 6.55. The van der Waals surface area contributed by atoms with Crippen molar-refractivity contribution in [1.82, 2.24) is 10.2 Å². The number of nitrogens with one attached hydrogen (secondary N) is 1. The number of rotatable bonds is 7. The highest BCUT2D eigenvalue weighted by atomic mass is 16.5. The molecule has 24 heavy (non-hydrogen) atoms. The molecule has 0 radical (unpaired) electrons. The van der Waals surface area contributed by atoms with Gasteiger partial charge in [0.15, 0.2) is 0 Å². The zero-order valence-electron chi connectivity index (χ0n) is 14.6. The maximum Gasteiger partial charge on any atom is 0.127 e. The van der Waals surface area contributed by atoms with E-state index in [1.165, 1.54) is 43.6 Å². The highest BCUT2D eigenvalue weighted by molar-refractivity contribution is 5.37. The van der Waals surface area contributed by atoms with E-state index in [9.17, 15) is 0 Å². The van der Waals surface area contributed by atoms with Crippen molar-refractivity contribution in [3.05, 3.63) is 59.7 Å². The summed E-state index contributed by atoms with van der Waals surface area (Å²) < 4.78 is 5.91. The van der Waals surface area contributed by atoms with Crippen molar-refractivity contribution < 1.29 is 4.74 Å². The van der Waals surface area contributed by atoms with E-state index in [-0.39, 0.29) is 0 Å². The molecule has 128 valence electrons. The molecular weight excluding hydrogens is 296 g/mol. The van der Waals surface area contributed by atoms with Gasteiger partial charge < -0.3 is 15.0 Å². The third-order valence-corrected chi connectivity index (χ3v) is 4.67. The second-order valence-corrected chi connectivity index (χ2v) is 6.55. The van der Waals surface area contributed by atoms with E-state index in [4.69, 9.17) is 4.74 Å². The van der Waals surface area contributed by atoms with Crippen LogP contribution in [0.3, 0.4) is 0 Å². The number of piperazine rings is 1. The molecule has 0 saturated carbocycles. The van der Waals surface area contributed by atoms with Crippen LogP contribution in [0.2, 0.25) is 0 Å². The van der Waals surface area contributed by atoms with Gasteiger partial charge in [-0.2, -0.15) is 0 Å². The van der Waals surface area contributed by atoms with Crippen LogP contribution in [0.25, 0.3) is 0 Å². The molecule has 0 unspecified atom stereocenters. The minimum absolute atomic E-state index is 0.890. The Bertz CT molecular complexity index is 621. The van der Waals surface area contributed by atoms with Crippen LogP contribution in [0.15, 0.2) is 48.5 Å². The number of hydrogen-bond acceptors (Lipinski definition) is 3. The fourth-order valence-electron chi connectivity index (χ4n) is 3.22. The van der Waals surface area contributed by atoms with E-state index < -0.39 is 0 Å². The molecule has 3 heteroatoms. The van der Waals surface area contributed by atoms with Gasteiger partial charge in [0, 0.05) is 26.2 Å². The van der Waals surface area contributed by atoms with Gasteiger partial charge in [-0.3, -0.25) is 0 Å². The first-order valence-corrected chi connectivity index (χ1v) is 9.07. The summed E-state index contributed by atoms with van der Waals surface area (Å²) in [6.07, 6.45) is 3.69. The van der Waals surface area contributed by atoms with Crippen LogP contribution in [-0.4, -0.2) is 37.6 Å². The highest BCUT2D eigenvalue weighted by Gasteiger charge is 2.08. The first-order chi connectivity index (χ1) is 11.8. The lowest BCUT2D eigenvalue weighted by Crippen LogP contribution is -2.43. The number of para-hydroxylation sites is 1. The van der Waals surface area contributed by atoms with Crippen molar-refractivity contribution in [2.45, 2.75) is 26.2 Å². The van der Waals surface area contributed by atoms with Crippen LogP contribution < -0.4 is 10.1 Å². The summed E-state index contributed by atoms with van der Waals surface area (Å²) in [6, 6.07) is 16.4. The van der Waals surface area contributed by atoms with Crippen molar-refractivity contribution in [3.8, 4) is 11.5 Å². The Morgan fingerprint density at radius 3 is 2.50 bits per heavy atom. The van der Waals surface area contributed by atoms with Crippen molar-refractivity contribution in [2.24, 2.45) is 0 Å². The van der Waals surface area contributed by atoms with E-state index in [1.54, 1.807) is 0 Å². The average Bonchev–Trinajstić information content (AvgIpc) is 2.62. The molecule has 0 bridgehead atoms. The lowest BCUT2D eigenvalue weighted by Gasteiger charge is -2.27. The molecule has 1 aliphatic rings. The van der Waals surface area contributed by atoms with Gasteiger partial charge in [0.25, 0.3) is 0 Å².